The van der Waals surface area contributed by atoms with Crippen LogP contribution in [0.2, 0.25) is 0 Å². The number of thiophene rings is 2. The Kier molecular flexibility index (Phi) is 5.67. The Balaban J connectivity index is 1.43. The van der Waals surface area contributed by atoms with Crippen molar-refractivity contribution in [3.05, 3.63) is 79.7 Å². The summed E-state index contributed by atoms with van der Waals surface area (Å²) in [5.41, 5.74) is 3.60. The molecular formula is C25H26N2O2S2. The van der Waals surface area contributed by atoms with Crippen molar-refractivity contribution >= 4 is 34.5 Å². The molecule has 1 saturated carbocycles. The van der Waals surface area contributed by atoms with E-state index in [1.807, 2.05) is 34.5 Å². The van der Waals surface area contributed by atoms with Gasteiger partial charge in [-0.05, 0) is 71.7 Å². The second kappa shape index (κ2) is 8.60. The first-order chi connectivity index (χ1) is 15.1. The lowest BCUT2D eigenvalue weighted by Crippen LogP contribution is -2.47. The zero-order valence-corrected chi connectivity index (χ0v) is 19.3. The third kappa shape index (κ3) is 4.19. The van der Waals surface area contributed by atoms with Crippen LogP contribution in [0.25, 0.3) is 0 Å². The highest BCUT2D eigenvalue weighted by Gasteiger charge is 2.36. The summed E-state index contributed by atoms with van der Waals surface area (Å²) in [6, 6.07) is 14.2. The van der Waals surface area contributed by atoms with Gasteiger partial charge < -0.3 is 9.80 Å². The van der Waals surface area contributed by atoms with Gasteiger partial charge in [-0.3, -0.25) is 9.59 Å². The third-order valence-corrected chi connectivity index (χ3v) is 8.14. The molecular weight excluding hydrogens is 424 g/mol. The number of nitrogens with zero attached hydrogens (tertiary/aromatic N) is 2. The zero-order chi connectivity index (χ0) is 21.4. The van der Waals surface area contributed by atoms with Crippen molar-refractivity contribution in [2.45, 2.75) is 32.2 Å². The second-order valence-corrected chi connectivity index (χ2v) is 10.5. The topological polar surface area (TPSA) is 40.6 Å². The largest absolute Gasteiger partial charge is 0.330 e. The van der Waals surface area contributed by atoms with Crippen LogP contribution in [0.1, 0.15) is 50.1 Å². The molecule has 6 heteroatoms. The average molecular weight is 451 g/mol. The molecule has 5 rings (SSSR count). The van der Waals surface area contributed by atoms with E-state index >= 15 is 0 Å². The minimum atomic E-state index is -0.0803. The SMILES string of the molecule is Cc1ccccc1C1c2ccsc2CCN1C(=O)CN(CC1CC1)C(=O)c1cccs1. The summed E-state index contributed by atoms with van der Waals surface area (Å²) in [6.07, 6.45) is 3.18. The molecule has 4 nitrogen and oxygen atoms in total. The zero-order valence-electron chi connectivity index (χ0n) is 17.6. The highest BCUT2D eigenvalue weighted by Crippen LogP contribution is 2.39. The Morgan fingerprint density at radius 2 is 1.87 bits per heavy atom. The van der Waals surface area contributed by atoms with Gasteiger partial charge in [0.05, 0.1) is 10.9 Å². The van der Waals surface area contributed by atoms with Crippen LogP contribution in [-0.4, -0.2) is 41.2 Å². The summed E-state index contributed by atoms with van der Waals surface area (Å²) in [5, 5.41) is 4.05. The monoisotopic (exact) mass is 450 g/mol. The number of hydrogen-bond donors (Lipinski definition) is 0. The summed E-state index contributed by atoms with van der Waals surface area (Å²) in [5.74, 6) is 0.556. The standard InChI is InChI=1S/C25H26N2O2S2/c1-17-5-2-3-6-19(17)24-20-11-14-31-21(20)10-12-27(24)23(28)16-26(15-18-8-9-18)25(29)22-7-4-13-30-22/h2-7,11,13-14,18,24H,8-10,12,15-16H2,1H3. The van der Waals surface area contributed by atoms with Crippen molar-refractivity contribution < 1.29 is 9.59 Å². The van der Waals surface area contributed by atoms with E-state index < -0.39 is 0 Å². The Bertz CT molecular complexity index is 1080. The predicted molar refractivity (Wildman–Crippen MR) is 126 cm³/mol. The number of aryl methyl sites for hydroxylation is 1. The Morgan fingerprint density at radius 3 is 2.61 bits per heavy atom. The van der Waals surface area contributed by atoms with E-state index in [0.717, 1.165) is 19.3 Å². The van der Waals surface area contributed by atoms with Crippen LogP contribution in [0.4, 0.5) is 0 Å². The lowest BCUT2D eigenvalue weighted by molar-refractivity contribution is -0.134. The van der Waals surface area contributed by atoms with Crippen LogP contribution >= 0.6 is 22.7 Å². The quantitative estimate of drug-likeness (QED) is 0.521. The summed E-state index contributed by atoms with van der Waals surface area (Å²) in [7, 11) is 0. The van der Waals surface area contributed by atoms with E-state index in [2.05, 4.69) is 30.5 Å². The van der Waals surface area contributed by atoms with Gasteiger partial charge in [0, 0.05) is 18.0 Å². The molecule has 1 fully saturated rings. The average Bonchev–Trinajstić information content (AvgIpc) is 3.23. The van der Waals surface area contributed by atoms with Crippen LogP contribution in [-0.2, 0) is 11.2 Å². The molecule has 0 spiro atoms. The highest BCUT2D eigenvalue weighted by atomic mass is 32.1. The fourth-order valence-electron chi connectivity index (χ4n) is 4.46. The number of rotatable bonds is 6. The lowest BCUT2D eigenvalue weighted by atomic mass is 9.90. The maximum atomic E-state index is 13.6. The van der Waals surface area contributed by atoms with Gasteiger partial charge in [0.15, 0.2) is 0 Å². The van der Waals surface area contributed by atoms with Crippen molar-refractivity contribution in [2.24, 2.45) is 5.92 Å². The Hall–Kier alpha value is -2.44. The van der Waals surface area contributed by atoms with Gasteiger partial charge in [-0.1, -0.05) is 30.3 Å². The van der Waals surface area contributed by atoms with E-state index in [9.17, 15) is 9.59 Å². The van der Waals surface area contributed by atoms with Gasteiger partial charge in [-0.25, -0.2) is 0 Å². The molecule has 1 unspecified atom stereocenters. The summed E-state index contributed by atoms with van der Waals surface area (Å²) < 4.78 is 0. The van der Waals surface area contributed by atoms with Gasteiger partial charge >= 0.3 is 0 Å². The number of benzene rings is 1. The fraction of sp³-hybridized carbons (Fsp3) is 0.360. The minimum Gasteiger partial charge on any atom is -0.330 e. The molecule has 3 aromatic rings. The maximum Gasteiger partial charge on any atom is 0.264 e. The molecule has 31 heavy (non-hydrogen) atoms. The molecule has 160 valence electrons. The lowest BCUT2D eigenvalue weighted by Gasteiger charge is -2.38. The van der Waals surface area contributed by atoms with Gasteiger partial charge in [0.1, 0.15) is 6.54 Å². The van der Waals surface area contributed by atoms with E-state index in [4.69, 9.17) is 0 Å². The molecule has 1 aromatic carbocycles. The number of hydrogen-bond acceptors (Lipinski definition) is 4. The smallest absolute Gasteiger partial charge is 0.264 e. The van der Waals surface area contributed by atoms with E-state index in [1.54, 1.807) is 16.2 Å². The number of amides is 2. The Morgan fingerprint density at radius 1 is 1.03 bits per heavy atom. The Labute approximate surface area is 191 Å². The van der Waals surface area contributed by atoms with Crippen LogP contribution in [0, 0.1) is 12.8 Å². The first-order valence-corrected chi connectivity index (χ1v) is 12.6. The molecule has 1 aliphatic carbocycles. The number of carbonyl (C=O) groups is 2. The fourth-order valence-corrected chi connectivity index (χ4v) is 6.05. The third-order valence-electron chi connectivity index (χ3n) is 6.29. The van der Waals surface area contributed by atoms with Gasteiger partial charge in [0.2, 0.25) is 5.91 Å². The molecule has 0 radical (unpaired) electrons. The van der Waals surface area contributed by atoms with Crippen molar-refractivity contribution in [1.82, 2.24) is 9.80 Å². The minimum absolute atomic E-state index is 0.0177. The van der Waals surface area contributed by atoms with Crippen LogP contribution in [0.3, 0.4) is 0 Å². The molecule has 0 bridgehead atoms. The molecule has 1 aliphatic heterocycles. The summed E-state index contributed by atoms with van der Waals surface area (Å²) in [4.78, 5) is 32.6. The van der Waals surface area contributed by atoms with E-state index in [0.29, 0.717) is 23.9 Å². The van der Waals surface area contributed by atoms with E-state index in [1.165, 1.54) is 32.9 Å². The summed E-state index contributed by atoms with van der Waals surface area (Å²) in [6.45, 7) is 3.62. The molecule has 2 aliphatic rings. The molecule has 0 N–H and O–H groups in total. The predicted octanol–water partition coefficient (Wildman–Crippen LogP) is 5.14. The first-order valence-electron chi connectivity index (χ1n) is 10.9. The van der Waals surface area contributed by atoms with Crippen molar-refractivity contribution in [3.63, 3.8) is 0 Å². The number of carbonyl (C=O) groups excluding carboxylic acids is 2. The molecule has 3 heterocycles. The molecule has 1 atom stereocenters. The van der Waals surface area contributed by atoms with Gasteiger partial charge in [-0.2, -0.15) is 0 Å². The molecule has 2 amide bonds. The van der Waals surface area contributed by atoms with Crippen molar-refractivity contribution in [2.75, 3.05) is 19.6 Å². The van der Waals surface area contributed by atoms with Gasteiger partial charge in [0.25, 0.3) is 5.91 Å². The molecule has 2 aromatic heterocycles. The van der Waals surface area contributed by atoms with Crippen molar-refractivity contribution in [1.29, 1.82) is 0 Å². The normalized spacial score (nSPS) is 18.0. The highest BCUT2D eigenvalue weighted by molar-refractivity contribution is 7.12. The maximum absolute atomic E-state index is 13.6. The second-order valence-electron chi connectivity index (χ2n) is 8.50. The summed E-state index contributed by atoms with van der Waals surface area (Å²) >= 11 is 3.22. The van der Waals surface area contributed by atoms with Crippen LogP contribution in [0.5, 0.6) is 0 Å². The van der Waals surface area contributed by atoms with Crippen molar-refractivity contribution in [3.8, 4) is 0 Å². The first kappa shape index (κ1) is 20.5. The van der Waals surface area contributed by atoms with Crippen LogP contribution < -0.4 is 0 Å². The van der Waals surface area contributed by atoms with E-state index in [-0.39, 0.29) is 24.4 Å². The number of fused-ring (bicyclic) bond motifs is 1. The van der Waals surface area contributed by atoms with Crippen LogP contribution in [0.15, 0.2) is 53.2 Å². The van der Waals surface area contributed by atoms with Gasteiger partial charge in [-0.15, -0.1) is 22.7 Å². The molecule has 0 saturated heterocycles.